The number of hydrogen-bond acceptors (Lipinski definition) is 4. The van der Waals surface area contributed by atoms with Crippen molar-refractivity contribution in [3.63, 3.8) is 0 Å². The summed E-state index contributed by atoms with van der Waals surface area (Å²) in [6.45, 7) is 1.94. The fourth-order valence-electron chi connectivity index (χ4n) is 3.42. The maximum atomic E-state index is 5.19. The van der Waals surface area contributed by atoms with Gasteiger partial charge in [-0.25, -0.2) is 4.98 Å². The second kappa shape index (κ2) is 5.91. The highest BCUT2D eigenvalue weighted by Gasteiger charge is 2.24. The number of methoxy groups -OCH3 is 1. The van der Waals surface area contributed by atoms with E-state index >= 15 is 0 Å². The van der Waals surface area contributed by atoms with E-state index in [-0.39, 0.29) is 0 Å². The van der Waals surface area contributed by atoms with E-state index in [1.54, 1.807) is 19.4 Å². The Morgan fingerprint density at radius 2 is 2.00 bits per heavy atom. The van der Waals surface area contributed by atoms with Crippen molar-refractivity contribution >= 4 is 16.9 Å². The molecule has 0 amide bonds. The zero-order valence-electron chi connectivity index (χ0n) is 13.2. The number of benzene rings is 1. The Kier molecular flexibility index (Phi) is 3.61. The van der Waals surface area contributed by atoms with Crippen molar-refractivity contribution in [3.05, 3.63) is 48.3 Å². The predicted molar refractivity (Wildman–Crippen MR) is 91.1 cm³/mol. The summed E-state index contributed by atoms with van der Waals surface area (Å²) in [7, 11) is 1.63. The van der Waals surface area contributed by atoms with Crippen LogP contribution in [0.1, 0.15) is 24.3 Å². The highest BCUT2D eigenvalue weighted by Crippen LogP contribution is 2.33. The van der Waals surface area contributed by atoms with E-state index in [1.165, 1.54) is 16.5 Å². The van der Waals surface area contributed by atoms with E-state index in [0.29, 0.717) is 11.8 Å². The fourth-order valence-corrected chi connectivity index (χ4v) is 3.42. The molecule has 1 saturated heterocycles. The third-order valence-electron chi connectivity index (χ3n) is 4.67. The molecule has 0 radical (unpaired) electrons. The van der Waals surface area contributed by atoms with Gasteiger partial charge in [0, 0.05) is 42.5 Å². The molecule has 3 heterocycles. The Hall–Kier alpha value is -2.56. The monoisotopic (exact) mass is 308 g/mol. The van der Waals surface area contributed by atoms with Gasteiger partial charge in [-0.2, -0.15) is 4.98 Å². The van der Waals surface area contributed by atoms with Crippen molar-refractivity contribution in [2.75, 3.05) is 25.1 Å². The minimum absolute atomic E-state index is 0.591. The highest BCUT2D eigenvalue weighted by atomic mass is 16.5. The van der Waals surface area contributed by atoms with Crippen LogP contribution in [-0.2, 0) is 0 Å². The number of aromatic nitrogens is 3. The molecule has 3 aromatic rings. The first-order valence-electron chi connectivity index (χ1n) is 8.03. The first-order chi connectivity index (χ1) is 11.3. The van der Waals surface area contributed by atoms with Crippen LogP contribution in [-0.4, -0.2) is 35.2 Å². The van der Waals surface area contributed by atoms with Gasteiger partial charge in [0.05, 0.1) is 7.11 Å². The van der Waals surface area contributed by atoms with Crippen LogP contribution < -0.4 is 9.64 Å². The smallest absolute Gasteiger partial charge is 0.228 e. The molecule has 0 unspecified atom stereocenters. The van der Waals surface area contributed by atoms with Crippen LogP contribution in [0.2, 0.25) is 0 Å². The average molecular weight is 308 g/mol. The minimum atomic E-state index is 0.591. The van der Waals surface area contributed by atoms with Gasteiger partial charge in [0.25, 0.3) is 0 Å². The van der Waals surface area contributed by atoms with Crippen molar-refractivity contribution in [1.82, 2.24) is 15.0 Å². The summed E-state index contributed by atoms with van der Waals surface area (Å²) in [5.74, 6) is 1.98. The number of rotatable bonds is 3. The summed E-state index contributed by atoms with van der Waals surface area (Å²) in [5, 5.41) is 1.35. The second-order valence-corrected chi connectivity index (χ2v) is 5.95. The van der Waals surface area contributed by atoms with E-state index in [9.17, 15) is 0 Å². The van der Waals surface area contributed by atoms with Gasteiger partial charge in [-0.1, -0.05) is 18.2 Å². The first kappa shape index (κ1) is 14.1. The van der Waals surface area contributed by atoms with Crippen LogP contribution in [0.5, 0.6) is 5.88 Å². The summed E-state index contributed by atoms with van der Waals surface area (Å²) in [6.07, 6.45) is 6.16. The molecule has 5 heteroatoms. The fraction of sp³-hybridized carbons (Fsp3) is 0.333. The molecule has 118 valence electrons. The highest BCUT2D eigenvalue weighted by molar-refractivity contribution is 5.83. The number of hydrogen-bond donors (Lipinski definition) is 1. The lowest BCUT2D eigenvalue weighted by molar-refractivity contribution is 0.395. The molecule has 0 bridgehead atoms. The number of aromatic amines is 1. The number of anilines is 1. The van der Waals surface area contributed by atoms with Crippen molar-refractivity contribution in [3.8, 4) is 5.88 Å². The lowest BCUT2D eigenvalue weighted by Gasteiger charge is -2.32. The van der Waals surface area contributed by atoms with Crippen molar-refractivity contribution in [2.24, 2.45) is 0 Å². The van der Waals surface area contributed by atoms with E-state index in [2.05, 4.69) is 50.3 Å². The topological polar surface area (TPSA) is 54.0 Å². The minimum Gasteiger partial charge on any atom is -0.481 e. The van der Waals surface area contributed by atoms with Crippen molar-refractivity contribution in [2.45, 2.75) is 18.8 Å². The zero-order chi connectivity index (χ0) is 15.6. The van der Waals surface area contributed by atoms with E-state index in [0.717, 1.165) is 31.9 Å². The third kappa shape index (κ3) is 2.63. The summed E-state index contributed by atoms with van der Waals surface area (Å²) in [5.41, 5.74) is 2.66. The quantitative estimate of drug-likeness (QED) is 0.806. The third-order valence-corrected chi connectivity index (χ3v) is 4.67. The number of nitrogens with one attached hydrogen (secondary N) is 1. The largest absolute Gasteiger partial charge is 0.481 e. The molecule has 0 atom stereocenters. The van der Waals surface area contributed by atoms with Crippen LogP contribution in [0.15, 0.2) is 42.7 Å². The molecule has 1 aromatic carbocycles. The van der Waals surface area contributed by atoms with Gasteiger partial charge >= 0.3 is 0 Å². The molecule has 1 aliphatic rings. The SMILES string of the molecule is COc1ccnc(N2CCC(c3c[nH]c4ccccc34)CC2)n1. The van der Waals surface area contributed by atoms with Gasteiger partial charge in [-0.15, -0.1) is 0 Å². The van der Waals surface area contributed by atoms with Crippen LogP contribution >= 0.6 is 0 Å². The number of piperidine rings is 1. The Labute approximate surface area is 135 Å². The molecule has 1 fully saturated rings. The number of ether oxygens (including phenoxy) is 1. The van der Waals surface area contributed by atoms with Crippen LogP contribution in [0.4, 0.5) is 5.95 Å². The van der Waals surface area contributed by atoms with Gasteiger partial charge in [0.1, 0.15) is 0 Å². The van der Waals surface area contributed by atoms with Crippen LogP contribution in [0.3, 0.4) is 0 Å². The maximum absolute atomic E-state index is 5.19. The average Bonchev–Trinajstić information content (AvgIpc) is 3.06. The second-order valence-electron chi connectivity index (χ2n) is 5.95. The molecular weight excluding hydrogens is 288 g/mol. The van der Waals surface area contributed by atoms with Gasteiger partial charge in [0.2, 0.25) is 11.8 Å². The summed E-state index contributed by atoms with van der Waals surface area (Å²) in [6, 6.07) is 10.3. The van der Waals surface area contributed by atoms with Gasteiger partial charge in [-0.3, -0.25) is 0 Å². The van der Waals surface area contributed by atoms with E-state index in [4.69, 9.17) is 4.74 Å². The first-order valence-corrected chi connectivity index (χ1v) is 8.03. The molecule has 0 aliphatic carbocycles. The molecule has 0 saturated carbocycles. The number of nitrogens with zero attached hydrogens (tertiary/aromatic N) is 3. The normalized spacial score (nSPS) is 16.0. The number of fused-ring (bicyclic) bond motifs is 1. The van der Waals surface area contributed by atoms with E-state index in [1.807, 2.05) is 0 Å². The molecule has 1 aliphatic heterocycles. The van der Waals surface area contributed by atoms with Gasteiger partial charge in [-0.05, 0) is 30.4 Å². The summed E-state index contributed by atoms with van der Waals surface area (Å²) < 4.78 is 5.19. The van der Waals surface area contributed by atoms with Crippen molar-refractivity contribution < 1.29 is 4.74 Å². The lowest BCUT2D eigenvalue weighted by Crippen LogP contribution is -2.34. The summed E-state index contributed by atoms with van der Waals surface area (Å²) >= 11 is 0. The van der Waals surface area contributed by atoms with E-state index < -0.39 is 0 Å². The molecule has 0 spiro atoms. The Balaban J connectivity index is 1.50. The zero-order valence-corrected chi connectivity index (χ0v) is 13.2. The van der Waals surface area contributed by atoms with Crippen LogP contribution in [0.25, 0.3) is 10.9 Å². The predicted octanol–water partition coefficient (Wildman–Crippen LogP) is 3.35. The van der Waals surface area contributed by atoms with Gasteiger partial charge < -0.3 is 14.6 Å². The number of H-pyrrole nitrogens is 1. The standard InChI is InChI=1S/C18H20N4O/c1-23-17-6-9-19-18(21-17)22-10-7-13(8-11-22)15-12-20-16-5-3-2-4-14(15)16/h2-6,9,12-13,20H,7-8,10-11H2,1H3. The van der Waals surface area contributed by atoms with Gasteiger partial charge in [0.15, 0.2) is 0 Å². The summed E-state index contributed by atoms with van der Waals surface area (Å²) in [4.78, 5) is 14.4. The Morgan fingerprint density at radius 3 is 2.83 bits per heavy atom. The molecule has 2 aromatic heterocycles. The Bertz CT molecular complexity index is 805. The number of para-hydroxylation sites is 1. The molecule has 5 nitrogen and oxygen atoms in total. The molecule has 1 N–H and O–H groups in total. The molecule has 4 rings (SSSR count). The lowest BCUT2D eigenvalue weighted by atomic mass is 9.89. The van der Waals surface area contributed by atoms with Crippen LogP contribution in [0, 0.1) is 0 Å². The Morgan fingerprint density at radius 1 is 1.17 bits per heavy atom. The molecule has 23 heavy (non-hydrogen) atoms. The molecular formula is C18H20N4O. The maximum Gasteiger partial charge on any atom is 0.228 e. The van der Waals surface area contributed by atoms with Crippen molar-refractivity contribution in [1.29, 1.82) is 0 Å².